The maximum atomic E-state index is 12.6. The molecule has 8 nitrogen and oxygen atoms in total. The van der Waals surface area contributed by atoms with Crippen LogP contribution in [0.5, 0.6) is 0 Å². The van der Waals surface area contributed by atoms with Crippen LogP contribution in [0.15, 0.2) is 24.3 Å². The normalized spacial score (nSPS) is 19.6. The van der Waals surface area contributed by atoms with Crippen LogP contribution in [0.4, 0.5) is 9.59 Å². The lowest BCUT2D eigenvalue weighted by molar-refractivity contribution is -0.134. The van der Waals surface area contributed by atoms with Gasteiger partial charge in [-0.05, 0) is 31.0 Å². The van der Waals surface area contributed by atoms with Crippen LogP contribution in [0.25, 0.3) is 0 Å². The summed E-state index contributed by atoms with van der Waals surface area (Å²) in [5, 5.41) is 7.62. The Balaban J connectivity index is 2.07. The number of carbonyl (C=O) groups is 4. The molecule has 3 N–H and O–H groups in total. The minimum Gasteiger partial charge on any atom is -0.338 e. The molecule has 1 heterocycles. The highest BCUT2D eigenvalue weighted by Gasteiger charge is 2.49. The first-order valence-corrected chi connectivity index (χ1v) is 8.13. The van der Waals surface area contributed by atoms with E-state index in [1.165, 1.54) is 0 Å². The molecule has 1 aromatic carbocycles. The van der Waals surface area contributed by atoms with Gasteiger partial charge in [0.2, 0.25) is 5.91 Å². The first kappa shape index (κ1) is 18.7. The lowest BCUT2D eigenvalue weighted by Gasteiger charge is -2.22. The van der Waals surface area contributed by atoms with Gasteiger partial charge in [-0.2, -0.15) is 0 Å². The molecule has 25 heavy (non-hydrogen) atoms. The largest absolute Gasteiger partial charge is 0.338 e. The Hall–Kier alpha value is -2.61. The number of amides is 6. The smallest absolute Gasteiger partial charge is 0.325 e. The fourth-order valence-electron chi connectivity index (χ4n) is 2.41. The van der Waals surface area contributed by atoms with E-state index in [1.807, 2.05) is 6.92 Å². The van der Waals surface area contributed by atoms with Crippen molar-refractivity contribution in [3.8, 4) is 0 Å². The van der Waals surface area contributed by atoms with Crippen LogP contribution in [0, 0.1) is 0 Å². The summed E-state index contributed by atoms with van der Waals surface area (Å²) in [5.41, 5.74) is -0.759. The fourth-order valence-corrected chi connectivity index (χ4v) is 2.54. The van der Waals surface area contributed by atoms with E-state index < -0.39 is 36.0 Å². The first-order chi connectivity index (χ1) is 11.8. The van der Waals surface area contributed by atoms with Crippen molar-refractivity contribution in [2.75, 3.05) is 13.1 Å². The van der Waals surface area contributed by atoms with E-state index in [0.29, 0.717) is 23.6 Å². The van der Waals surface area contributed by atoms with E-state index in [9.17, 15) is 19.2 Å². The number of imide groups is 2. The molecule has 0 aromatic heterocycles. The molecule has 1 atom stereocenters. The number of urea groups is 2. The van der Waals surface area contributed by atoms with E-state index >= 15 is 0 Å². The Bertz CT molecular complexity index is 707. The highest BCUT2D eigenvalue weighted by molar-refractivity contribution is 6.30. The lowest BCUT2D eigenvalue weighted by Crippen LogP contribution is -2.47. The predicted octanol–water partition coefficient (Wildman–Crippen LogP) is 1.34. The van der Waals surface area contributed by atoms with Gasteiger partial charge in [0, 0.05) is 11.6 Å². The van der Waals surface area contributed by atoms with Gasteiger partial charge in [0.25, 0.3) is 5.91 Å². The van der Waals surface area contributed by atoms with Gasteiger partial charge in [0.05, 0.1) is 0 Å². The van der Waals surface area contributed by atoms with Crippen LogP contribution in [-0.2, 0) is 15.1 Å². The number of hydrogen-bond donors (Lipinski definition) is 3. The second-order valence-corrected chi connectivity index (χ2v) is 6.19. The number of nitrogens with one attached hydrogen (secondary N) is 3. The Morgan fingerprint density at radius 2 is 1.88 bits per heavy atom. The number of benzene rings is 1. The number of halogens is 1. The summed E-state index contributed by atoms with van der Waals surface area (Å²) >= 11 is 5.84. The van der Waals surface area contributed by atoms with E-state index in [0.717, 1.165) is 4.90 Å². The van der Waals surface area contributed by atoms with E-state index in [2.05, 4.69) is 16.0 Å². The van der Waals surface area contributed by atoms with Crippen molar-refractivity contribution >= 4 is 35.5 Å². The van der Waals surface area contributed by atoms with Gasteiger partial charge >= 0.3 is 12.1 Å². The topological polar surface area (TPSA) is 108 Å². The lowest BCUT2D eigenvalue weighted by atomic mass is 9.92. The van der Waals surface area contributed by atoms with E-state index in [-0.39, 0.29) is 0 Å². The van der Waals surface area contributed by atoms with Crippen LogP contribution in [-0.4, -0.2) is 41.9 Å². The van der Waals surface area contributed by atoms with Gasteiger partial charge in [0.15, 0.2) is 0 Å². The van der Waals surface area contributed by atoms with Gasteiger partial charge in [-0.3, -0.25) is 19.8 Å². The maximum Gasteiger partial charge on any atom is 0.325 e. The molecule has 6 amide bonds. The zero-order valence-corrected chi connectivity index (χ0v) is 14.6. The Morgan fingerprint density at radius 1 is 1.24 bits per heavy atom. The summed E-state index contributed by atoms with van der Waals surface area (Å²) in [6, 6.07) is 5.10. The number of nitrogens with zero attached hydrogens (tertiary/aromatic N) is 1. The zero-order valence-electron chi connectivity index (χ0n) is 13.9. The molecule has 9 heteroatoms. The third kappa shape index (κ3) is 4.08. The summed E-state index contributed by atoms with van der Waals surface area (Å²) in [6.45, 7) is 3.28. The maximum absolute atomic E-state index is 12.6. The van der Waals surface area contributed by atoms with Crippen molar-refractivity contribution in [2.24, 2.45) is 0 Å². The Morgan fingerprint density at radius 3 is 2.48 bits per heavy atom. The monoisotopic (exact) mass is 366 g/mol. The second-order valence-electron chi connectivity index (χ2n) is 5.76. The van der Waals surface area contributed by atoms with Gasteiger partial charge in [0.1, 0.15) is 12.1 Å². The molecule has 0 saturated carbocycles. The predicted molar refractivity (Wildman–Crippen MR) is 90.9 cm³/mol. The summed E-state index contributed by atoms with van der Waals surface area (Å²) in [4.78, 5) is 48.9. The molecule has 0 bridgehead atoms. The molecule has 0 unspecified atom stereocenters. The van der Waals surface area contributed by atoms with E-state index in [4.69, 9.17) is 11.6 Å². The highest BCUT2D eigenvalue weighted by Crippen LogP contribution is 2.29. The summed E-state index contributed by atoms with van der Waals surface area (Å²) in [7, 11) is 0. The van der Waals surface area contributed by atoms with Gasteiger partial charge < -0.3 is 10.6 Å². The van der Waals surface area contributed by atoms with Gasteiger partial charge in [-0.15, -0.1) is 0 Å². The standard InChI is InChI=1S/C16H19ClN4O4/c1-3-8-18-14(24)19-12(22)9-21-13(23)16(2,20-15(21)25)10-4-6-11(17)7-5-10/h4-7H,3,8-9H2,1-2H3,(H,20,25)(H2,18,19,22,24)/t16-/m1/s1. The molecule has 0 radical (unpaired) electrons. The molecule has 0 aliphatic carbocycles. The van der Waals surface area contributed by atoms with Gasteiger partial charge in [-0.25, -0.2) is 9.59 Å². The summed E-state index contributed by atoms with van der Waals surface area (Å²) < 4.78 is 0. The third-order valence-electron chi connectivity index (χ3n) is 3.79. The minimum absolute atomic E-state index is 0.414. The minimum atomic E-state index is -1.30. The first-order valence-electron chi connectivity index (χ1n) is 7.75. The molecule has 1 saturated heterocycles. The Kier molecular flexibility index (Phi) is 5.63. The zero-order chi connectivity index (χ0) is 18.6. The molecule has 1 fully saturated rings. The number of carbonyl (C=O) groups excluding carboxylic acids is 4. The Labute approximate surface area is 149 Å². The van der Waals surface area contributed by atoms with Crippen LogP contribution in [0.3, 0.4) is 0 Å². The van der Waals surface area contributed by atoms with Crippen molar-refractivity contribution < 1.29 is 19.2 Å². The average molecular weight is 367 g/mol. The number of hydrogen-bond acceptors (Lipinski definition) is 4. The van der Waals surface area contributed by atoms with Crippen LogP contribution in [0.1, 0.15) is 25.8 Å². The molecule has 1 aromatic rings. The quantitative estimate of drug-likeness (QED) is 0.683. The van der Waals surface area contributed by atoms with Crippen molar-refractivity contribution in [3.05, 3.63) is 34.9 Å². The van der Waals surface area contributed by atoms with Crippen molar-refractivity contribution in [3.63, 3.8) is 0 Å². The molecular weight excluding hydrogens is 348 g/mol. The third-order valence-corrected chi connectivity index (χ3v) is 4.04. The molecule has 2 rings (SSSR count). The molecule has 134 valence electrons. The van der Waals surface area contributed by atoms with Crippen LogP contribution in [0.2, 0.25) is 5.02 Å². The highest BCUT2D eigenvalue weighted by atomic mass is 35.5. The average Bonchev–Trinajstić information content (AvgIpc) is 2.77. The van der Waals surface area contributed by atoms with E-state index in [1.54, 1.807) is 31.2 Å². The van der Waals surface area contributed by atoms with Crippen LogP contribution >= 0.6 is 11.6 Å². The SMILES string of the molecule is CCCNC(=O)NC(=O)CN1C(=O)N[C@](C)(c2ccc(Cl)cc2)C1=O. The molecule has 1 aliphatic heterocycles. The van der Waals surface area contributed by atoms with Gasteiger partial charge in [-0.1, -0.05) is 30.7 Å². The molecule has 0 spiro atoms. The van der Waals surface area contributed by atoms with Crippen molar-refractivity contribution in [2.45, 2.75) is 25.8 Å². The fraction of sp³-hybridized carbons (Fsp3) is 0.375. The second kappa shape index (κ2) is 7.52. The summed E-state index contributed by atoms with van der Waals surface area (Å²) in [6.07, 6.45) is 0.716. The van der Waals surface area contributed by atoms with Crippen LogP contribution < -0.4 is 16.0 Å². The number of rotatable bonds is 5. The summed E-state index contributed by atoms with van der Waals surface area (Å²) in [5.74, 6) is -1.33. The molecule has 1 aliphatic rings. The van der Waals surface area contributed by atoms with Crippen molar-refractivity contribution in [1.82, 2.24) is 20.9 Å². The molecular formula is C16H19ClN4O4. The van der Waals surface area contributed by atoms with Crippen molar-refractivity contribution in [1.29, 1.82) is 0 Å².